The summed E-state index contributed by atoms with van der Waals surface area (Å²) in [6.07, 6.45) is 7.86. The van der Waals surface area contributed by atoms with Crippen molar-refractivity contribution in [2.24, 2.45) is 0 Å². The number of nitriles is 1. The highest BCUT2D eigenvalue weighted by atomic mass is 35.5. The molecule has 1 amide bonds. The molecular formula is C36H42ClN7O3. The van der Waals surface area contributed by atoms with Crippen LogP contribution in [0.5, 0.6) is 6.01 Å². The van der Waals surface area contributed by atoms with E-state index in [1.807, 2.05) is 17.0 Å². The van der Waals surface area contributed by atoms with E-state index < -0.39 is 0 Å². The molecule has 0 bridgehead atoms. The summed E-state index contributed by atoms with van der Waals surface area (Å²) < 4.78 is 11.5. The molecule has 3 fully saturated rings. The molecule has 3 aliphatic heterocycles. The molecule has 1 spiro atoms. The zero-order chi connectivity index (χ0) is 32.5. The SMILES string of the molecule is COC/C=C/C(=O)N1CCN(c2nc(OC[C@@H]3CCCN3C)nc3c2C2(CC2)CN(c2cccc4cccc(Cl)c24)C3)C[C@@H]1CC#N. The van der Waals surface area contributed by atoms with Gasteiger partial charge in [-0.3, -0.25) is 4.79 Å². The molecule has 246 valence electrons. The number of carbonyl (C=O) groups is 1. The van der Waals surface area contributed by atoms with Crippen LogP contribution in [-0.4, -0.2) is 97.9 Å². The van der Waals surface area contributed by atoms with Crippen LogP contribution in [0.15, 0.2) is 48.6 Å². The Balaban J connectivity index is 1.25. The molecule has 1 aromatic heterocycles. The summed E-state index contributed by atoms with van der Waals surface area (Å²) in [5.74, 6) is 0.794. The summed E-state index contributed by atoms with van der Waals surface area (Å²) in [5.41, 5.74) is 3.20. The quantitative estimate of drug-likeness (QED) is 0.297. The summed E-state index contributed by atoms with van der Waals surface area (Å²) in [5, 5.41) is 12.7. The number of methoxy groups -OCH3 is 1. The minimum atomic E-state index is -0.261. The number of piperazine rings is 1. The summed E-state index contributed by atoms with van der Waals surface area (Å²) in [7, 11) is 3.74. The standard InChI is InChI=1S/C36H42ClN7O3/c1-41-17-5-9-27(41)23-47-35-39-29-22-43(30-11-4-8-25-7-3-10-28(37)32(25)30)24-36(14-15-36)33(29)34(40-35)42-18-19-44(26(21-42)13-16-38)31(45)12-6-20-46-2/h3-4,6-8,10-12,26-27H,5,9,13-15,17-24H2,1-2H3/b12-6+/t26-,27-/m0/s1. The van der Waals surface area contributed by atoms with E-state index in [2.05, 4.69) is 52.1 Å². The number of likely N-dealkylation sites (tertiary alicyclic amines) is 1. The van der Waals surface area contributed by atoms with Crippen LogP contribution >= 0.6 is 11.6 Å². The van der Waals surface area contributed by atoms with Crippen molar-refractivity contribution in [2.45, 2.75) is 56.1 Å². The first-order chi connectivity index (χ1) is 22.9. The van der Waals surface area contributed by atoms with Crippen LogP contribution in [0.1, 0.15) is 43.4 Å². The molecule has 2 saturated heterocycles. The highest BCUT2D eigenvalue weighted by Crippen LogP contribution is 2.56. The lowest BCUT2D eigenvalue weighted by Crippen LogP contribution is -2.55. The maximum Gasteiger partial charge on any atom is 0.318 e. The highest BCUT2D eigenvalue weighted by Gasteiger charge is 2.53. The van der Waals surface area contributed by atoms with Crippen molar-refractivity contribution in [3.63, 3.8) is 0 Å². The fourth-order valence-electron chi connectivity index (χ4n) is 7.69. The fraction of sp³-hybridized carbons (Fsp3) is 0.500. The molecule has 0 radical (unpaired) electrons. The van der Waals surface area contributed by atoms with Crippen LogP contribution in [0.2, 0.25) is 5.02 Å². The number of anilines is 2. The third-order valence-corrected chi connectivity index (χ3v) is 10.6. The maximum absolute atomic E-state index is 13.1. The number of benzene rings is 2. The lowest BCUT2D eigenvalue weighted by Gasteiger charge is -2.43. The molecule has 4 heterocycles. The van der Waals surface area contributed by atoms with Gasteiger partial charge in [0, 0.05) is 67.5 Å². The van der Waals surface area contributed by atoms with Crippen molar-refractivity contribution in [1.29, 1.82) is 5.26 Å². The predicted octanol–water partition coefficient (Wildman–Crippen LogP) is 4.94. The van der Waals surface area contributed by atoms with E-state index in [0.29, 0.717) is 51.4 Å². The van der Waals surface area contributed by atoms with Gasteiger partial charge in [-0.1, -0.05) is 41.9 Å². The number of nitrogens with zero attached hydrogens (tertiary/aromatic N) is 7. The Morgan fingerprint density at radius 1 is 1.13 bits per heavy atom. The normalized spacial score (nSPS) is 22.2. The largest absolute Gasteiger partial charge is 0.462 e. The number of rotatable bonds is 9. The Morgan fingerprint density at radius 3 is 2.70 bits per heavy atom. The first-order valence-corrected chi connectivity index (χ1v) is 17.0. The van der Waals surface area contributed by atoms with Gasteiger partial charge in [0.25, 0.3) is 0 Å². The number of halogens is 1. The Hall–Kier alpha value is -3.91. The van der Waals surface area contributed by atoms with Crippen LogP contribution in [0.4, 0.5) is 11.5 Å². The second-order valence-corrected chi connectivity index (χ2v) is 13.7. The Morgan fingerprint density at radius 2 is 1.96 bits per heavy atom. The van der Waals surface area contributed by atoms with Gasteiger partial charge < -0.3 is 29.1 Å². The molecule has 3 aromatic rings. The zero-order valence-corrected chi connectivity index (χ0v) is 28.0. The van der Waals surface area contributed by atoms with Gasteiger partial charge in [-0.15, -0.1) is 0 Å². The van der Waals surface area contributed by atoms with Gasteiger partial charge in [-0.2, -0.15) is 15.2 Å². The second kappa shape index (κ2) is 13.3. The van der Waals surface area contributed by atoms with Crippen molar-refractivity contribution in [3.05, 3.63) is 64.8 Å². The molecule has 1 saturated carbocycles. The minimum Gasteiger partial charge on any atom is -0.462 e. The van der Waals surface area contributed by atoms with Crippen molar-refractivity contribution < 1.29 is 14.3 Å². The number of likely N-dealkylation sites (N-methyl/N-ethyl adjacent to an activating group) is 1. The number of ether oxygens (including phenoxy) is 2. The van der Waals surface area contributed by atoms with E-state index in [1.165, 1.54) is 5.56 Å². The molecule has 1 aliphatic carbocycles. The van der Waals surface area contributed by atoms with Crippen molar-refractivity contribution in [2.75, 3.05) is 69.9 Å². The lowest BCUT2D eigenvalue weighted by molar-refractivity contribution is -0.128. The first kappa shape index (κ1) is 31.7. The molecule has 2 aromatic carbocycles. The topological polar surface area (TPSA) is 98.1 Å². The fourth-order valence-corrected chi connectivity index (χ4v) is 7.97. The Labute approximate surface area is 281 Å². The molecule has 0 N–H and O–H groups in total. The Bertz CT molecular complexity index is 1720. The van der Waals surface area contributed by atoms with Crippen molar-refractivity contribution in [3.8, 4) is 12.1 Å². The van der Waals surface area contributed by atoms with E-state index in [-0.39, 0.29) is 23.8 Å². The summed E-state index contributed by atoms with van der Waals surface area (Å²) in [4.78, 5) is 32.2. The highest BCUT2D eigenvalue weighted by molar-refractivity contribution is 6.36. The van der Waals surface area contributed by atoms with E-state index >= 15 is 0 Å². The lowest BCUT2D eigenvalue weighted by atomic mass is 9.88. The smallest absolute Gasteiger partial charge is 0.318 e. The van der Waals surface area contributed by atoms with Crippen LogP contribution in [-0.2, 0) is 21.5 Å². The van der Waals surface area contributed by atoms with Crippen LogP contribution in [0.3, 0.4) is 0 Å². The predicted molar refractivity (Wildman–Crippen MR) is 183 cm³/mol. The van der Waals surface area contributed by atoms with E-state index in [9.17, 15) is 10.1 Å². The maximum atomic E-state index is 13.1. The van der Waals surface area contributed by atoms with Crippen LogP contribution < -0.4 is 14.5 Å². The number of fused-ring (bicyclic) bond motifs is 3. The van der Waals surface area contributed by atoms with Gasteiger partial charge in [0.15, 0.2) is 0 Å². The van der Waals surface area contributed by atoms with Gasteiger partial charge in [-0.05, 0) is 56.8 Å². The van der Waals surface area contributed by atoms with Crippen LogP contribution in [0.25, 0.3) is 10.8 Å². The van der Waals surface area contributed by atoms with E-state index in [0.717, 1.165) is 71.8 Å². The minimum absolute atomic E-state index is 0.0862. The number of carbonyl (C=O) groups excluding carboxylic acids is 1. The molecular weight excluding hydrogens is 614 g/mol. The third kappa shape index (κ3) is 6.24. The molecule has 0 unspecified atom stereocenters. The second-order valence-electron chi connectivity index (χ2n) is 13.3. The zero-order valence-electron chi connectivity index (χ0n) is 27.2. The molecule has 4 aliphatic rings. The molecule has 10 nitrogen and oxygen atoms in total. The average Bonchev–Trinajstić information content (AvgIpc) is 3.71. The van der Waals surface area contributed by atoms with Crippen molar-refractivity contribution in [1.82, 2.24) is 19.8 Å². The molecule has 7 rings (SSSR count). The Kier molecular flexibility index (Phi) is 8.97. The average molecular weight is 656 g/mol. The van der Waals surface area contributed by atoms with Gasteiger partial charge in [0.2, 0.25) is 5.91 Å². The molecule has 11 heteroatoms. The van der Waals surface area contributed by atoms with Crippen LogP contribution in [0, 0.1) is 11.3 Å². The van der Waals surface area contributed by atoms with E-state index in [1.54, 1.807) is 19.3 Å². The monoisotopic (exact) mass is 655 g/mol. The molecule has 2 atom stereocenters. The van der Waals surface area contributed by atoms with Crippen molar-refractivity contribution >= 4 is 39.8 Å². The third-order valence-electron chi connectivity index (χ3n) is 10.3. The summed E-state index contributed by atoms with van der Waals surface area (Å²) >= 11 is 6.80. The van der Waals surface area contributed by atoms with Gasteiger partial charge in [0.1, 0.15) is 12.4 Å². The number of amides is 1. The number of hydrogen-bond donors (Lipinski definition) is 0. The number of hydrogen-bond acceptors (Lipinski definition) is 9. The van der Waals surface area contributed by atoms with Gasteiger partial charge in [0.05, 0.1) is 42.4 Å². The summed E-state index contributed by atoms with van der Waals surface area (Å²) in [6.45, 7) is 5.06. The number of aromatic nitrogens is 2. The summed E-state index contributed by atoms with van der Waals surface area (Å²) in [6, 6.07) is 15.2. The van der Waals surface area contributed by atoms with Gasteiger partial charge >= 0.3 is 6.01 Å². The van der Waals surface area contributed by atoms with Gasteiger partial charge in [-0.25, -0.2) is 0 Å². The first-order valence-electron chi connectivity index (χ1n) is 16.7. The molecule has 47 heavy (non-hydrogen) atoms. The van der Waals surface area contributed by atoms with E-state index in [4.69, 9.17) is 31.0 Å².